The molecule has 1 heterocycles. The average Bonchev–Trinajstić information content (AvgIpc) is 3.04. The molecule has 0 radical (unpaired) electrons. The number of halogens is 1. The van der Waals surface area contributed by atoms with Crippen molar-refractivity contribution in [3.63, 3.8) is 0 Å². The third-order valence-electron chi connectivity index (χ3n) is 7.51. The van der Waals surface area contributed by atoms with Crippen LogP contribution in [0.5, 0.6) is 23.0 Å². The molecule has 0 aromatic heterocycles. The fourth-order valence-electron chi connectivity index (χ4n) is 5.05. The van der Waals surface area contributed by atoms with Crippen molar-refractivity contribution in [3.05, 3.63) is 106 Å². The number of carboxylic acid groups (broad SMARTS) is 1. The lowest BCUT2D eigenvalue weighted by molar-refractivity contribution is -0.142. The quantitative estimate of drug-likeness (QED) is 0.172. The largest absolute Gasteiger partial charge is 0.488 e. The summed E-state index contributed by atoms with van der Waals surface area (Å²) in [7, 11) is 0. The minimum Gasteiger partial charge on any atom is -0.488 e. The molecule has 0 aliphatic carbocycles. The van der Waals surface area contributed by atoms with E-state index >= 15 is 0 Å². The Morgan fingerprint density at radius 3 is 2.49 bits per heavy atom. The number of carbonyl (C=O) groups is 1. The predicted molar refractivity (Wildman–Crippen MR) is 169 cm³/mol. The second-order valence-electron chi connectivity index (χ2n) is 10.7. The summed E-state index contributed by atoms with van der Waals surface area (Å²) in [6.07, 6.45) is -1.13. The fourth-order valence-corrected chi connectivity index (χ4v) is 5.29. The van der Waals surface area contributed by atoms with E-state index in [-0.39, 0.29) is 19.8 Å². The van der Waals surface area contributed by atoms with Crippen molar-refractivity contribution in [3.8, 4) is 40.2 Å². The standard InChI is InChI=1S/C35H33ClN2O7/c1-21-26(7-4-8-28(21)25-9-10-30-33(15-25)43-12-11-42-30)20-45-32-16-31(44-19-24-6-3-5-23(13-24)17-37)27(14-29(32)36)18-38-34(22(2)39)35(40)41/h3-10,13-16,22,34,38-39H,11-12,18-20H2,1-2H3,(H,40,41)/t22-,34-/m0/s1. The first kappa shape index (κ1) is 31.7. The highest BCUT2D eigenvalue weighted by atomic mass is 35.5. The molecule has 9 nitrogen and oxygen atoms in total. The van der Waals surface area contributed by atoms with Gasteiger partial charge in [-0.2, -0.15) is 5.26 Å². The molecular formula is C35H33ClN2O7. The molecule has 0 fully saturated rings. The lowest BCUT2D eigenvalue weighted by atomic mass is 9.96. The molecule has 3 N–H and O–H groups in total. The monoisotopic (exact) mass is 628 g/mol. The molecule has 0 bridgehead atoms. The van der Waals surface area contributed by atoms with E-state index in [0.29, 0.717) is 40.9 Å². The smallest absolute Gasteiger partial charge is 0.323 e. The van der Waals surface area contributed by atoms with Crippen LogP contribution in [0.4, 0.5) is 0 Å². The number of nitrogens with one attached hydrogen (secondary N) is 1. The summed E-state index contributed by atoms with van der Waals surface area (Å²) in [5.41, 5.74) is 5.90. The van der Waals surface area contributed by atoms with E-state index in [2.05, 4.69) is 11.4 Å². The number of benzene rings is 4. The van der Waals surface area contributed by atoms with Crippen LogP contribution >= 0.6 is 11.6 Å². The maximum atomic E-state index is 11.6. The summed E-state index contributed by atoms with van der Waals surface area (Å²) in [6.45, 7) is 4.92. The molecule has 1 aliphatic rings. The normalized spacial score (nSPS) is 13.4. The molecular weight excluding hydrogens is 596 g/mol. The van der Waals surface area contributed by atoms with Crippen LogP contribution in [0, 0.1) is 18.3 Å². The van der Waals surface area contributed by atoms with Crippen LogP contribution in [0.25, 0.3) is 11.1 Å². The Morgan fingerprint density at radius 1 is 0.978 bits per heavy atom. The number of aliphatic carboxylic acids is 1. The van der Waals surface area contributed by atoms with Crippen molar-refractivity contribution in [2.75, 3.05) is 13.2 Å². The minimum atomic E-state index is -1.19. The Labute approximate surface area is 266 Å². The van der Waals surface area contributed by atoms with Gasteiger partial charge in [0.2, 0.25) is 0 Å². The summed E-state index contributed by atoms with van der Waals surface area (Å²) in [5.74, 6) is 1.07. The number of ether oxygens (including phenoxy) is 4. The van der Waals surface area contributed by atoms with Gasteiger partial charge >= 0.3 is 5.97 Å². The molecule has 4 aromatic rings. The topological polar surface area (TPSA) is 130 Å². The predicted octanol–water partition coefficient (Wildman–Crippen LogP) is 6.04. The molecule has 0 amide bonds. The van der Waals surface area contributed by atoms with Crippen molar-refractivity contribution >= 4 is 17.6 Å². The second-order valence-corrected chi connectivity index (χ2v) is 11.1. The van der Waals surface area contributed by atoms with Gasteiger partial charge in [0.15, 0.2) is 11.5 Å². The fraction of sp³-hybridized carbons (Fsp3) is 0.257. The molecule has 232 valence electrons. The first-order chi connectivity index (χ1) is 21.7. The van der Waals surface area contributed by atoms with Gasteiger partial charge in [-0.1, -0.05) is 48.0 Å². The van der Waals surface area contributed by atoms with Gasteiger partial charge in [-0.15, -0.1) is 0 Å². The van der Waals surface area contributed by atoms with Gasteiger partial charge in [0.25, 0.3) is 0 Å². The summed E-state index contributed by atoms with van der Waals surface area (Å²) in [6, 6.07) is 23.2. The van der Waals surface area contributed by atoms with E-state index in [9.17, 15) is 20.3 Å². The van der Waals surface area contributed by atoms with Gasteiger partial charge in [0, 0.05) is 18.2 Å². The third-order valence-corrected chi connectivity index (χ3v) is 7.80. The Hall–Kier alpha value is -4.75. The number of nitrogens with zero attached hydrogens (tertiary/aromatic N) is 1. The highest BCUT2D eigenvalue weighted by Gasteiger charge is 2.23. The third kappa shape index (κ3) is 7.67. The van der Waals surface area contributed by atoms with Crippen molar-refractivity contribution < 1.29 is 34.0 Å². The van der Waals surface area contributed by atoms with Crippen molar-refractivity contribution in [1.82, 2.24) is 5.32 Å². The van der Waals surface area contributed by atoms with Gasteiger partial charge in [-0.3, -0.25) is 10.1 Å². The number of hydrogen-bond acceptors (Lipinski definition) is 8. The highest BCUT2D eigenvalue weighted by molar-refractivity contribution is 6.32. The van der Waals surface area contributed by atoms with E-state index < -0.39 is 18.1 Å². The zero-order chi connectivity index (χ0) is 31.9. The Morgan fingerprint density at radius 2 is 1.73 bits per heavy atom. The second kappa shape index (κ2) is 14.4. The van der Waals surface area contributed by atoms with Crippen LogP contribution in [0.15, 0.2) is 72.8 Å². The summed E-state index contributed by atoms with van der Waals surface area (Å²) in [5, 5.41) is 31.8. The number of aliphatic hydroxyl groups is 1. The van der Waals surface area contributed by atoms with Crippen LogP contribution in [-0.2, 0) is 24.6 Å². The lowest BCUT2D eigenvalue weighted by Gasteiger charge is -2.20. The molecule has 0 spiro atoms. The van der Waals surface area contributed by atoms with Gasteiger partial charge in [0.1, 0.15) is 44.0 Å². The Kier molecular flexibility index (Phi) is 10.1. The molecule has 0 unspecified atom stereocenters. The number of nitriles is 1. The highest BCUT2D eigenvalue weighted by Crippen LogP contribution is 2.37. The number of carboxylic acids is 1. The molecule has 5 rings (SSSR count). The zero-order valence-corrected chi connectivity index (χ0v) is 25.6. The molecule has 2 atom stereocenters. The molecule has 45 heavy (non-hydrogen) atoms. The van der Waals surface area contributed by atoms with E-state index in [1.807, 2.05) is 49.4 Å². The van der Waals surface area contributed by atoms with Gasteiger partial charge in [-0.05, 0) is 72.0 Å². The van der Waals surface area contributed by atoms with Crippen molar-refractivity contribution in [1.29, 1.82) is 5.26 Å². The number of rotatable bonds is 12. The molecule has 0 saturated heterocycles. The van der Waals surface area contributed by atoms with Gasteiger partial charge in [-0.25, -0.2) is 0 Å². The molecule has 0 saturated carbocycles. The molecule has 10 heteroatoms. The van der Waals surface area contributed by atoms with E-state index in [1.54, 1.807) is 30.3 Å². The van der Waals surface area contributed by atoms with Gasteiger partial charge in [0.05, 0.1) is 22.8 Å². The maximum absolute atomic E-state index is 11.6. The van der Waals surface area contributed by atoms with Gasteiger partial charge < -0.3 is 29.2 Å². The van der Waals surface area contributed by atoms with Crippen LogP contribution in [0.3, 0.4) is 0 Å². The van der Waals surface area contributed by atoms with E-state index in [0.717, 1.165) is 39.3 Å². The summed E-state index contributed by atoms with van der Waals surface area (Å²) < 4.78 is 23.8. The lowest BCUT2D eigenvalue weighted by Crippen LogP contribution is -2.44. The average molecular weight is 629 g/mol. The Balaban J connectivity index is 1.38. The zero-order valence-electron chi connectivity index (χ0n) is 24.9. The number of fused-ring (bicyclic) bond motifs is 1. The SMILES string of the molecule is Cc1c(COc2cc(OCc3cccc(C#N)c3)c(CN[C@H](C(=O)O)[C@H](C)O)cc2Cl)cccc1-c1ccc2c(c1)OCCO2. The van der Waals surface area contributed by atoms with Crippen LogP contribution in [0.2, 0.25) is 5.02 Å². The van der Waals surface area contributed by atoms with Crippen LogP contribution in [-0.4, -0.2) is 41.5 Å². The number of hydrogen-bond donors (Lipinski definition) is 3. The van der Waals surface area contributed by atoms with E-state index in [1.165, 1.54) is 6.92 Å². The first-order valence-electron chi connectivity index (χ1n) is 14.4. The molecule has 4 aromatic carbocycles. The van der Waals surface area contributed by atoms with E-state index in [4.69, 9.17) is 30.5 Å². The van der Waals surface area contributed by atoms with Crippen molar-refractivity contribution in [2.45, 2.75) is 45.8 Å². The minimum absolute atomic E-state index is 0.0616. The van der Waals surface area contributed by atoms with Crippen LogP contribution in [0.1, 0.15) is 34.7 Å². The first-order valence-corrected chi connectivity index (χ1v) is 14.8. The summed E-state index contributed by atoms with van der Waals surface area (Å²) >= 11 is 6.66. The van der Waals surface area contributed by atoms with Crippen LogP contribution < -0.4 is 24.3 Å². The maximum Gasteiger partial charge on any atom is 0.323 e. The van der Waals surface area contributed by atoms with Crippen molar-refractivity contribution in [2.24, 2.45) is 0 Å². The summed E-state index contributed by atoms with van der Waals surface area (Å²) in [4.78, 5) is 11.6. The Bertz CT molecular complexity index is 1730. The number of aliphatic hydroxyl groups excluding tert-OH is 1. The molecule has 1 aliphatic heterocycles.